The Kier molecular flexibility index (Phi) is 5.10. The number of sulfonamides is 1. The normalized spacial score (nSPS) is 11.4. The number of aliphatic carboxylic acids is 1. The summed E-state index contributed by atoms with van der Waals surface area (Å²) in [6.45, 7) is 0.116. The summed E-state index contributed by atoms with van der Waals surface area (Å²) < 4.78 is 26.6. The van der Waals surface area contributed by atoms with Gasteiger partial charge in [-0.2, -0.15) is 0 Å². The Bertz CT molecular complexity index is 484. The van der Waals surface area contributed by atoms with Crippen molar-refractivity contribution >= 4 is 31.9 Å². The Labute approximate surface area is 108 Å². The molecule has 0 radical (unpaired) electrons. The van der Waals surface area contributed by atoms with Crippen molar-refractivity contribution in [1.82, 2.24) is 4.72 Å². The lowest BCUT2D eigenvalue weighted by atomic mass is 10.3. The third-order valence-electron chi connectivity index (χ3n) is 1.98. The quantitative estimate of drug-likeness (QED) is 0.779. The molecular formula is C10H12BrNO4S. The zero-order chi connectivity index (χ0) is 12.9. The Hall–Kier alpha value is -0.920. The van der Waals surface area contributed by atoms with Crippen LogP contribution in [0, 0.1) is 0 Å². The van der Waals surface area contributed by atoms with Crippen LogP contribution in [0.1, 0.15) is 12.8 Å². The van der Waals surface area contributed by atoms with E-state index in [0.29, 0.717) is 0 Å². The highest BCUT2D eigenvalue weighted by atomic mass is 79.9. The molecule has 0 bridgehead atoms. The van der Waals surface area contributed by atoms with Crippen LogP contribution in [0.4, 0.5) is 0 Å². The minimum atomic E-state index is -3.54. The van der Waals surface area contributed by atoms with Crippen molar-refractivity contribution in [2.45, 2.75) is 17.7 Å². The van der Waals surface area contributed by atoms with E-state index in [9.17, 15) is 13.2 Å². The van der Waals surface area contributed by atoms with Gasteiger partial charge in [0.15, 0.2) is 0 Å². The van der Waals surface area contributed by atoms with Crippen LogP contribution in [-0.4, -0.2) is 26.0 Å². The number of halogens is 1. The van der Waals surface area contributed by atoms with Gasteiger partial charge in [0, 0.05) is 17.4 Å². The molecule has 0 fully saturated rings. The van der Waals surface area contributed by atoms with E-state index in [0.717, 1.165) is 4.47 Å². The maximum Gasteiger partial charge on any atom is 0.303 e. The molecule has 0 spiro atoms. The van der Waals surface area contributed by atoms with Gasteiger partial charge in [-0.05, 0) is 30.7 Å². The van der Waals surface area contributed by atoms with Gasteiger partial charge in [-0.25, -0.2) is 13.1 Å². The third kappa shape index (κ3) is 4.84. The Morgan fingerprint density at radius 1 is 1.29 bits per heavy atom. The van der Waals surface area contributed by atoms with Crippen molar-refractivity contribution in [3.05, 3.63) is 28.7 Å². The molecule has 1 rings (SSSR count). The summed E-state index contributed by atoms with van der Waals surface area (Å²) in [6, 6.07) is 6.21. The molecule has 0 saturated heterocycles. The standard InChI is InChI=1S/C10H12BrNO4S/c11-8-3-5-9(6-4-8)17(15,16)12-7-1-2-10(13)14/h3-6,12H,1-2,7H2,(H,13,14). The van der Waals surface area contributed by atoms with Gasteiger partial charge in [-0.1, -0.05) is 15.9 Å². The largest absolute Gasteiger partial charge is 0.481 e. The molecule has 0 aliphatic heterocycles. The monoisotopic (exact) mass is 321 g/mol. The Balaban J connectivity index is 2.57. The molecular weight excluding hydrogens is 310 g/mol. The van der Waals surface area contributed by atoms with Gasteiger partial charge >= 0.3 is 5.97 Å². The summed E-state index contributed by atoms with van der Waals surface area (Å²) in [5.41, 5.74) is 0. The van der Waals surface area contributed by atoms with Crippen molar-refractivity contribution in [2.75, 3.05) is 6.54 Å². The average Bonchev–Trinajstić information content (AvgIpc) is 2.25. The highest BCUT2D eigenvalue weighted by molar-refractivity contribution is 9.10. The lowest BCUT2D eigenvalue weighted by Crippen LogP contribution is -2.25. The van der Waals surface area contributed by atoms with Gasteiger partial charge in [0.05, 0.1) is 4.90 Å². The van der Waals surface area contributed by atoms with Gasteiger partial charge in [0.25, 0.3) is 0 Å². The number of carboxylic acid groups (broad SMARTS) is 1. The van der Waals surface area contributed by atoms with E-state index in [1.165, 1.54) is 12.1 Å². The zero-order valence-electron chi connectivity index (χ0n) is 8.89. The van der Waals surface area contributed by atoms with Gasteiger partial charge in [-0.3, -0.25) is 4.79 Å². The lowest BCUT2D eigenvalue weighted by Gasteiger charge is -2.05. The van der Waals surface area contributed by atoms with Crippen molar-refractivity contribution in [3.63, 3.8) is 0 Å². The first-order chi connectivity index (χ1) is 7.92. The van der Waals surface area contributed by atoms with Gasteiger partial charge in [0.1, 0.15) is 0 Å². The summed E-state index contributed by atoms with van der Waals surface area (Å²) in [7, 11) is -3.54. The first kappa shape index (κ1) is 14.1. The van der Waals surface area contributed by atoms with E-state index in [1.807, 2.05) is 0 Å². The lowest BCUT2D eigenvalue weighted by molar-refractivity contribution is -0.137. The number of hydrogen-bond donors (Lipinski definition) is 2. The smallest absolute Gasteiger partial charge is 0.303 e. The summed E-state index contributed by atoms with van der Waals surface area (Å²) in [4.78, 5) is 10.4. The van der Waals surface area contributed by atoms with Crippen molar-refractivity contribution in [2.24, 2.45) is 0 Å². The van der Waals surface area contributed by atoms with Crippen LogP contribution in [-0.2, 0) is 14.8 Å². The second-order valence-corrected chi connectivity index (χ2v) is 6.03. The molecule has 0 atom stereocenters. The fourth-order valence-corrected chi connectivity index (χ4v) is 2.48. The fraction of sp³-hybridized carbons (Fsp3) is 0.300. The number of carbonyl (C=O) groups is 1. The van der Waals surface area contributed by atoms with E-state index in [2.05, 4.69) is 20.7 Å². The number of carboxylic acids is 1. The predicted molar refractivity (Wildman–Crippen MR) is 66.2 cm³/mol. The van der Waals surface area contributed by atoms with Gasteiger partial charge < -0.3 is 5.11 Å². The highest BCUT2D eigenvalue weighted by Gasteiger charge is 2.12. The fourth-order valence-electron chi connectivity index (χ4n) is 1.14. The molecule has 0 saturated carbocycles. The third-order valence-corrected chi connectivity index (χ3v) is 3.99. The van der Waals surface area contributed by atoms with Crippen LogP contribution >= 0.6 is 15.9 Å². The molecule has 2 N–H and O–H groups in total. The van der Waals surface area contributed by atoms with Gasteiger partial charge in [0.2, 0.25) is 10.0 Å². The van der Waals surface area contributed by atoms with Crippen molar-refractivity contribution < 1.29 is 18.3 Å². The minimum absolute atomic E-state index is 0.0527. The van der Waals surface area contributed by atoms with Crippen LogP contribution < -0.4 is 4.72 Å². The number of nitrogens with one attached hydrogen (secondary N) is 1. The first-order valence-corrected chi connectivity index (χ1v) is 7.16. The van der Waals surface area contributed by atoms with Crippen LogP contribution in [0.25, 0.3) is 0 Å². The first-order valence-electron chi connectivity index (χ1n) is 4.89. The number of hydrogen-bond acceptors (Lipinski definition) is 3. The SMILES string of the molecule is O=C(O)CCCNS(=O)(=O)c1ccc(Br)cc1. The van der Waals surface area contributed by atoms with Crippen molar-refractivity contribution in [1.29, 1.82) is 0 Å². The molecule has 0 heterocycles. The molecule has 5 nitrogen and oxygen atoms in total. The molecule has 7 heteroatoms. The molecule has 0 aliphatic carbocycles. The molecule has 1 aromatic rings. The molecule has 1 aromatic carbocycles. The maximum absolute atomic E-state index is 11.7. The summed E-state index contributed by atoms with van der Waals surface area (Å²) >= 11 is 3.21. The Morgan fingerprint density at radius 3 is 2.41 bits per heavy atom. The number of benzene rings is 1. The molecule has 94 valence electrons. The maximum atomic E-state index is 11.7. The molecule has 0 aromatic heterocycles. The summed E-state index contributed by atoms with van der Waals surface area (Å²) in [5, 5.41) is 8.41. The van der Waals surface area contributed by atoms with Crippen LogP contribution in [0.5, 0.6) is 0 Å². The predicted octanol–water partition coefficient (Wildman–Crippen LogP) is 1.59. The zero-order valence-corrected chi connectivity index (χ0v) is 11.3. The second-order valence-electron chi connectivity index (χ2n) is 3.35. The Morgan fingerprint density at radius 2 is 1.88 bits per heavy atom. The van der Waals surface area contributed by atoms with E-state index in [-0.39, 0.29) is 24.3 Å². The van der Waals surface area contributed by atoms with E-state index >= 15 is 0 Å². The van der Waals surface area contributed by atoms with Crippen LogP contribution in [0.15, 0.2) is 33.6 Å². The molecule has 0 unspecified atom stereocenters. The number of rotatable bonds is 6. The van der Waals surface area contributed by atoms with Crippen LogP contribution in [0.2, 0.25) is 0 Å². The average molecular weight is 322 g/mol. The molecule has 17 heavy (non-hydrogen) atoms. The molecule has 0 amide bonds. The minimum Gasteiger partial charge on any atom is -0.481 e. The topological polar surface area (TPSA) is 83.5 Å². The van der Waals surface area contributed by atoms with E-state index in [4.69, 9.17) is 5.11 Å². The van der Waals surface area contributed by atoms with Crippen LogP contribution in [0.3, 0.4) is 0 Å². The van der Waals surface area contributed by atoms with Crippen molar-refractivity contribution in [3.8, 4) is 0 Å². The van der Waals surface area contributed by atoms with E-state index in [1.54, 1.807) is 12.1 Å². The summed E-state index contributed by atoms with van der Waals surface area (Å²) in [5.74, 6) is -0.937. The second kappa shape index (κ2) is 6.13. The van der Waals surface area contributed by atoms with Gasteiger partial charge in [-0.15, -0.1) is 0 Å². The van der Waals surface area contributed by atoms with E-state index < -0.39 is 16.0 Å². The summed E-state index contributed by atoms with van der Waals surface area (Å²) in [6.07, 6.45) is 0.216. The molecule has 0 aliphatic rings. The highest BCUT2D eigenvalue weighted by Crippen LogP contribution is 2.14.